The molecule has 1 atom stereocenters. The Morgan fingerprint density at radius 3 is 2.29 bits per heavy atom. The second kappa shape index (κ2) is 9.91. The molecule has 0 N–H and O–H groups in total. The van der Waals surface area contributed by atoms with E-state index < -0.39 is 0 Å². The number of benzene rings is 3. The second-order valence-corrected chi connectivity index (χ2v) is 8.67. The Morgan fingerprint density at radius 2 is 1.59 bits per heavy atom. The van der Waals surface area contributed by atoms with Crippen LogP contribution in [0.3, 0.4) is 0 Å². The average Bonchev–Trinajstić information content (AvgIpc) is 3.40. The highest BCUT2D eigenvalue weighted by atomic mass is 16.5. The Kier molecular flexibility index (Phi) is 6.38. The number of ether oxygens (including phenoxy) is 1. The predicted molar refractivity (Wildman–Crippen MR) is 133 cm³/mol. The maximum Gasteiger partial charge on any atom is 0.346 e. The summed E-state index contributed by atoms with van der Waals surface area (Å²) in [6, 6.07) is 26.6. The molecule has 0 aliphatic carbocycles. The Bertz CT molecular complexity index is 1230. The van der Waals surface area contributed by atoms with Gasteiger partial charge in [-0.25, -0.2) is 4.79 Å². The van der Waals surface area contributed by atoms with Gasteiger partial charge in [-0.2, -0.15) is 4.68 Å². The lowest BCUT2D eigenvalue weighted by Crippen LogP contribution is -2.46. The number of amides is 1. The summed E-state index contributed by atoms with van der Waals surface area (Å²) in [5.41, 5.74) is 5.08. The van der Waals surface area contributed by atoms with E-state index in [9.17, 15) is 4.79 Å². The van der Waals surface area contributed by atoms with Gasteiger partial charge in [0.25, 0.3) is 0 Å². The van der Waals surface area contributed by atoms with Crippen LogP contribution >= 0.6 is 0 Å². The fraction of sp³-hybridized carbons (Fsp3) is 0.250. The molecule has 34 heavy (non-hydrogen) atoms. The van der Waals surface area contributed by atoms with Gasteiger partial charge in [-0.05, 0) is 54.5 Å². The summed E-state index contributed by atoms with van der Waals surface area (Å²) in [7, 11) is 1.66. The Hall–Kier alpha value is -3.93. The minimum absolute atomic E-state index is 0.103. The third-order valence-electron chi connectivity index (χ3n) is 6.48. The zero-order valence-electron chi connectivity index (χ0n) is 19.3. The van der Waals surface area contributed by atoms with Crippen molar-refractivity contribution in [3.05, 3.63) is 90.6 Å². The monoisotopic (exact) mass is 452 g/mol. The van der Waals surface area contributed by atoms with Crippen molar-refractivity contribution in [2.24, 2.45) is 0 Å². The van der Waals surface area contributed by atoms with Gasteiger partial charge in [-0.15, -0.1) is 5.10 Å². The van der Waals surface area contributed by atoms with Gasteiger partial charge in [0.1, 0.15) is 11.4 Å². The number of rotatable bonds is 5. The lowest BCUT2D eigenvalue weighted by Gasteiger charge is -2.35. The third kappa shape index (κ3) is 4.71. The molecule has 0 bridgehead atoms. The first kappa shape index (κ1) is 21.9. The molecule has 0 saturated carbocycles. The van der Waals surface area contributed by atoms with Gasteiger partial charge in [0, 0.05) is 18.2 Å². The van der Waals surface area contributed by atoms with Crippen LogP contribution in [0.2, 0.25) is 0 Å². The zero-order valence-corrected chi connectivity index (χ0v) is 19.3. The number of piperidine rings is 1. The normalized spacial score (nSPS) is 15.8. The van der Waals surface area contributed by atoms with Crippen molar-refractivity contribution in [1.29, 1.82) is 0 Å². The summed E-state index contributed by atoms with van der Waals surface area (Å²) in [5.74, 6) is 0.835. The van der Waals surface area contributed by atoms with Crippen LogP contribution in [-0.2, 0) is 6.42 Å². The smallest absolute Gasteiger partial charge is 0.346 e. The van der Waals surface area contributed by atoms with E-state index in [-0.39, 0.29) is 12.1 Å². The molecular formula is C28H28N4O2. The highest BCUT2D eigenvalue weighted by Gasteiger charge is 2.28. The minimum atomic E-state index is -0.103. The Labute approximate surface area is 199 Å². The van der Waals surface area contributed by atoms with E-state index in [0.717, 1.165) is 54.7 Å². The SMILES string of the molecule is COc1ccc(-c2ccc(-c3cn(C(=O)N4CCCC[C@@H]4Cc4ccccc4)nn3)cc2)cc1. The van der Waals surface area contributed by atoms with E-state index in [1.54, 1.807) is 13.3 Å². The predicted octanol–water partition coefficient (Wildman–Crippen LogP) is 5.69. The van der Waals surface area contributed by atoms with E-state index >= 15 is 0 Å². The van der Waals surface area contributed by atoms with E-state index in [1.165, 1.54) is 10.2 Å². The highest BCUT2D eigenvalue weighted by Crippen LogP contribution is 2.26. The second-order valence-electron chi connectivity index (χ2n) is 8.67. The molecule has 0 unspecified atom stereocenters. The third-order valence-corrected chi connectivity index (χ3v) is 6.48. The summed E-state index contributed by atoms with van der Waals surface area (Å²) in [6.45, 7) is 0.752. The maximum atomic E-state index is 13.3. The van der Waals surface area contributed by atoms with Gasteiger partial charge in [-0.1, -0.05) is 71.9 Å². The maximum absolute atomic E-state index is 13.3. The Morgan fingerprint density at radius 1 is 0.912 bits per heavy atom. The standard InChI is InChI=1S/C28H28N4O2/c1-34-26-16-14-23(15-17-26)22-10-12-24(13-11-22)27-20-32(30-29-27)28(33)31-18-6-5-9-25(31)19-21-7-3-2-4-8-21/h2-4,7-8,10-17,20,25H,5-6,9,18-19H2,1H3/t25-/m1/s1. The molecule has 172 valence electrons. The van der Waals surface area contributed by atoms with Gasteiger partial charge in [0.05, 0.1) is 13.3 Å². The molecule has 2 heterocycles. The van der Waals surface area contributed by atoms with Crippen LogP contribution < -0.4 is 4.74 Å². The molecule has 1 aliphatic heterocycles. The van der Waals surface area contributed by atoms with Gasteiger partial charge in [-0.3, -0.25) is 0 Å². The molecule has 1 amide bonds. The van der Waals surface area contributed by atoms with Crippen LogP contribution in [0.1, 0.15) is 24.8 Å². The zero-order chi connectivity index (χ0) is 23.3. The largest absolute Gasteiger partial charge is 0.497 e. The van der Waals surface area contributed by atoms with Crippen molar-refractivity contribution >= 4 is 6.03 Å². The van der Waals surface area contributed by atoms with Gasteiger partial charge in [0.15, 0.2) is 0 Å². The molecule has 6 nitrogen and oxygen atoms in total. The lowest BCUT2D eigenvalue weighted by molar-refractivity contribution is 0.149. The first-order valence-corrected chi connectivity index (χ1v) is 11.7. The number of carbonyl (C=O) groups is 1. The summed E-state index contributed by atoms with van der Waals surface area (Å²) in [4.78, 5) is 15.3. The number of carbonyl (C=O) groups excluding carboxylic acids is 1. The summed E-state index contributed by atoms with van der Waals surface area (Å²) in [6.07, 6.45) is 5.77. The number of methoxy groups -OCH3 is 1. The lowest BCUT2D eigenvalue weighted by atomic mass is 9.96. The molecule has 1 fully saturated rings. The van der Waals surface area contributed by atoms with Gasteiger partial charge < -0.3 is 9.64 Å². The number of aromatic nitrogens is 3. The fourth-order valence-electron chi connectivity index (χ4n) is 4.59. The number of likely N-dealkylation sites (tertiary alicyclic amines) is 1. The van der Waals surface area contributed by atoms with Crippen molar-refractivity contribution < 1.29 is 9.53 Å². The van der Waals surface area contributed by atoms with E-state index in [0.29, 0.717) is 5.69 Å². The minimum Gasteiger partial charge on any atom is -0.497 e. The van der Waals surface area contributed by atoms with E-state index in [4.69, 9.17) is 4.74 Å². The number of hydrogen-bond donors (Lipinski definition) is 0. The fourth-order valence-corrected chi connectivity index (χ4v) is 4.59. The van der Waals surface area contributed by atoms with Crippen LogP contribution in [0.25, 0.3) is 22.4 Å². The van der Waals surface area contributed by atoms with Crippen LogP contribution in [-0.4, -0.2) is 45.6 Å². The van der Waals surface area contributed by atoms with Crippen molar-refractivity contribution in [3.8, 4) is 28.1 Å². The number of hydrogen-bond acceptors (Lipinski definition) is 4. The first-order valence-electron chi connectivity index (χ1n) is 11.7. The quantitative estimate of drug-likeness (QED) is 0.391. The van der Waals surface area contributed by atoms with Gasteiger partial charge in [0.2, 0.25) is 0 Å². The first-order chi connectivity index (χ1) is 16.7. The molecule has 4 aromatic rings. The molecule has 5 rings (SSSR count). The van der Waals surface area contributed by atoms with Crippen molar-refractivity contribution in [2.45, 2.75) is 31.7 Å². The van der Waals surface area contributed by atoms with E-state index in [1.807, 2.05) is 59.5 Å². The molecule has 1 aromatic heterocycles. The van der Waals surface area contributed by atoms with Crippen molar-refractivity contribution in [2.75, 3.05) is 13.7 Å². The molecule has 6 heteroatoms. The van der Waals surface area contributed by atoms with Crippen LogP contribution in [0.15, 0.2) is 85.1 Å². The van der Waals surface area contributed by atoms with Crippen LogP contribution in [0.5, 0.6) is 5.75 Å². The van der Waals surface area contributed by atoms with Gasteiger partial charge >= 0.3 is 6.03 Å². The highest BCUT2D eigenvalue weighted by molar-refractivity contribution is 5.77. The summed E-state index contributed by atoms with van der Waals surface area (Å²) < 4.78 is 6.62. The van der Waals surface area contributed by atoms with E-state index in [2.05, 4.69) is 34.6 Å². The molecule has 1 saturated heterocycles. The molecular weight excluding hydrogens is 424 g/mol. The van der Waals surface area contributed by atoms with Crippen LogP contribution in [0.4, 0.5) is 4.79 Å². The van der Waals surface area contributed by atoms with Crippen molar-refractivity contribution in [3.63, 3.8) is 0 Å². The van der Waals surface area contributed by atoms with Crippen LogP contribution in [0, 0.1) is 0 Å². The topological polar surface area (TPSA) is 60.2 Å². The molecule has 3 aromatic carbocycles. The summed E-state index contributed by atoms with van der Waals surface area (Å²) in [5, 5.41) is 8.46. The Balaban J connectivity index is 1.31. The number of nitrogens with zero attached hydrogens (tertiary/aromatic N) is 4. The molecule has 0 radical (unpaired) electrons. The van der Waals surface area contributed by atoms with Crippen molar-refractivity contribution in [1.82, 2.24) is 19.9 Å². The average molecular weight is 453 g/mol. The molecule has 1 aliphatic rings. The molecule has 0 spiro atoms. The summed E-state index contributed by atoms with van der Waals surface area (Å²) >= 11 is 0.